The molecule has 3 nitrogen and oxygen atoms in total. The molecular weight excluding hydrogens is 242 g/mol. The molecule has 1 aromatic carbocycles. The van der Waals surface area contributed by atoms with E-state index in [0.717, 1.165) is 25.7 Å². The van der Waals surface area contributed by atoms with E-state index >= 15 is 0 Å². The Balaban J connectivity index is 2.27. The number of H-pyrrole nitrogens is 1. The normalized spacial score (nSPS) is 11.1. The highest BCUT2D eigenvalue weighted by Gasteiger charge is 2.10. The van der Waals surface area contributed by atoms with Gasteiger partial charge in [-0.3, -0.25) is 5.10 Å². The monoisotopic (exact) mass is 249 g/mol. The number of nitrogens with two attached hydrogens (primary N) is 1. The van der Waals surface area contributed by atoms with Crippen molar-refractivity contribution in [3.05, 3.63) is 35.5 Å². The molecular formula is C11H8ClN3S. The van der Waals surface area contributed by atoms with Crippen LogP contribution >= 0.6 is 22.9 Å². The van der Waals surface area contributed by atoms with E-state index < -0.39 is 0 Å². The Morgan fingerprint density at radius 3 is 2.94 bits per heavy atom. The molecule has 0 fully saturated rings. The summed E-state index contributed by atoms with van der Waals surface area (Å²) in [7, 11) is 0. The highest BCUT2D eigenvalue weighted by atomic mass is 35.5. The number of halogens is 1. The van der Waals surface area contributed by atoms with Crippen LogP contribution in [0.4, 0.5) is 5.69 Å². The van der Waals surface area contributed by atoms with Crippen LogP contribution in [-0.2, 0) is 0 Å². The van der Waals surface area contributed by atoms with Crippen molar-refractivity contribution in [2.75, 3.05) is 5.73 Å². The van der Waals surface area contributed by atoms with Gasteiger partial charge < -0.3 is 5.73 Å². The number of thiophene rings is 1. The van der Waals surface area contributed by atoms with E-state index in [1.165, 1.54) is 0 Å². The van der Waals surface area contributed by atoms with Crippen molar-refractivity contribution in [2.45, 2.75) is 0 Å². The number of nitrogen functional groups attached to an aromatic ring is 1. The van der Waals surface area contributed by atoms with Crippen molar-refractivity contribution < 1.29 is 0 Å². The van der Waals surface area contributed by atoms with Gasteiger partial charge in [0.25, 0.3) is 0 Å². The predicted octanol–water partition coefficient (Wildman–Crippen LogP) is 3.53. The minimum Gasteiger partial charge on any atom is -0.396 e. The van der Waals surface area contributed by atoms with E-state index in [1.54, 1.807) is 17.5 Å². The van der Waals surface area contributed by atoms with Crippen LogP contribution in [0.15, 0.2) is 30.5 Å². The molecule has 2 heterocycles. The van der Waals surface area contributed by atoms with Gasteiger partial charge in [-0.15, -0.1) is 11.3 Å². The van der Waals surface area contributed by atoms with Crippen molar-refractivity contribution in [1.82, 2.24) is 10.2 Å². The smallest absolute Gasteiger partial charge is 0.0980 e. The Bertz CT molecular complexity index is 656. The van der Waals surface area contributed by atoms with Crippen molar-refractivity contribution in [2.24, 2.45) is 0 Å². The standard InChI is InChI=1S/C11H8ClN3S/c12-7-2-1-3-9-6(7)4-10(16-9)11-8(13)5-14-15-11/h1-5H,13H2,(H,14,15). The third-order valence-corrected chi connectivity index (χ3v) is 3.87. The Morgan fingerprint density at radius 1 is 1.38 bits per heavy atom. The fourth-order valence-electron chi connectivity index (χ4n) is 1.64. The summed E-state index contributed by atoms with van der Waals surface area (Å²) >= 11 is 7.77. The van der Waals surface area contributed by atoms with E-state index in [4.69, 9.17) is 17.3 Å². The van der Waals surface area contributed by atoms with E-state index in [1.807, 2.05) is 24.3 Å². The second kappa shape index (κ2) is 3.50. The number of hydrogen-bond acceptors (Lipinski definition) is 3. The lowest BCUT2D eigenvalue weighted by Crippen LogP contribution is -1.83. The lowest BCUT2D eigenvalue weighted by molar-refractivity contribution is 1.10. The van der Waals surface area contributed by atoms with Gasteiger partial charge in [0.2, 0.25) is 0 Å². The summed E-state index contributed by atoms with van der Waals surface area (Å²) < 4.78 is 1.15. The zero-order chi connectivity index (χ0) is 11.1. The lowest BCUT2D eigenvalue weighted by Gasteiger charge is -1.91. The van der Waals surface area contributed by atoms with Crippen molar-refractivity contribution >= 4 is 38.7 Å². The van der Waals surface area contributed by atoms with Gasteiger partial charge in [-0.2, -0.15) is 5.10 Å². The van der Waals surface area contributed by atoms with Crippen LogP contribution in [-0.4, -0.2) is 10.2 Å². The third kappa shape index (κ3) is 1.38. The molecule has 0 radical (unpaired) electrons. The fraction of sp³-hybridized carbons (Fsp3) is 0. The maximum absolute atomic E-state index is 6.12. The number of anilines is 1. The SMILES string of the molecule is Nc1cn[nH]c1-c1cc2c(Cl)cccc2s1. The molecule has 0 aliphatic rings. The number of nitrogens with one attached hydrogen (secondary N) is 1. The van der Waals surface area contributed by atoms with Crippen molar-refractivity contribution in [3.8, 4) is 10.6 Å². The van der Waals surface area contributed by atoms with Crippen LogP contribution in [0.1, 0.15) is 0 Å². The Labute approximate surface area is 101 Å². The van der Waals surface area contributed by atoms with Crippen molar-refractivity contribution in [3.63, 3.8) is 0 Å². The molecule has 0 aliphatic carbocycles. The van der Waals surface area contributed by atoms with Crippen LogP contribution in [0.2, 0.25) is 5.02 Å². The highest BCUT2D eigenvalue weighted by molar-refractivity contribution is 7.22. The summed E-state index contributed by atoms with van der Waals surface area (Å²) in [5, 5.41) is 8.62. The quantitative estimate of drug-likeness (QED) is 0.693. The molecule has 0 bridgehead atoms. The minimum atomic E-state index is 0.655. The Morgan fingerprint density at radius 2 is 2.25 bits per heavy atom. The first kappa shape index (κ1) is 9.69. The predicted molar refractivity (Wildman–Crippen MR) is 68.8 cm³/mol. The van der Waals surface area contributed by atoms with E-state index in [0.29, 0.717) is 5.69 Å². The molecule has 0 saturated carbocycles. The summed E-state index contributed by atoms with van der Waals surface area (Å²) in [5.74, 6) is 0. The lowest BCUT2D eigenvalue weighted by atomic mass is 10.2. The van der Waals surface area contributed by atoms with Gasteiger partial charge in [-0.25, -0.2) is 0 Å². The minimum absolute atomic E-state index is 0.655. The maximum Gasteiger partial charge on any atom is 0.0980 e. The Hall–Kier alpha value is -1.52. The molecule has 2 aromatic heterocycles. The van der Waals surface area contributed by atoms with E-state index in [2.05, 4.69) is 10.2 Å². The molecule has 0 aliphatic heterocycles. The van der Waals surface area contributed by atoms with Gasteiger partial charge in [0.1, 0.15) is 0 Å². The van der Waals surface area contributed by atoms with Gasteiger partial charge in [0.15, 0.2) is 0 Å². The number of hydrogen-bond donors (Lipinski definition) is 2. The summed E-state index contributed by atoms with van der Waals surface area (Å²) in [6.45, 7) is 0. The van der Waals surface area contributed by atoms with Crippen LogP contribution in [0, 0.1) is 0 Å². The summed E-state index contributed by atoms with van der Waals surface area (Å²) in [4.78, 5) is 1.05. The number of nitrogens with zero attached hydrogens (tertiary/aromatic N) is 1. The number of rotatable bonds is 1. The topological polar surface area (TPSA) is 54.7 Å². The van der Waals surface area contributed by atoms with E-state index in [-0.39, 0.29) is 0 Å². The van der Waals surface area contributed by atoms with Gasteiger partial charge in [0, 0.05) is 15.1 Å². The number of aromatic nitrogens is 2. The summed E-state index contributed by atoms with van der Waals surface area (Å²) in [6, 6.07) is 7.91. The molecule has 0 amide bonds. The molecule has 3 aromatic rings. The third-order valence-electron chi connectivity index (χ3n) is 2.42. The highest BCUT2D eigenvalue weighted by Crippen LogP contribution is 2.37. The number of aromatic amines is 1. The van der Waals surface area contributed by atoms with Gasteiger partial charge in [-0.1, -0.05) is 17.7 Å². The zero-order valence-corrected chi connectivity index (χ0v) is 9.77. The van der Waals surface area contributed by atoms with Crippen LogP contribution < -0.4 is 5.73 Å². The first-order chi connectivity index (χ1) is 7.75. The fourth-order valence-corrected chi connectivity index (χ4v) is 3.03. The number of benzene rings is 1. The summed E-state index contributed by atoms with van der Waals surface area (Å²) in [5.41, 5.74) is 7.33. The van der Waals surface area contributed by atoms with Crippen LogP contribution in [0.5, 0.6) is 0 Å². The molecule has 5 heteroatoms. The van der Waals surface area contributed by atoms with Gasteiger partial charge >= 0.3 is 0 Å². The van der Waals surface area contributed by atoms with Crippen LogP contribution in [0.25, 0.3) is 20.7 Å². The number of fused-ring (bicyclic) bond motifs is 1. The molecule has 80 valence electrons. The molecule has 3 rings (SSSR count). The average Bonchev–Trinajstić information content (AvgIpc) is 2.84. The van der Waals surface area contributed by atoms with Crippen molar-refractivity contribution in [1.29, 1.82) is 0 Å². The first-order valence-electron chi connectivity index (χ1n) is 4.73. The molecule has 3 N–H and O–H groups in total. The van der Waals surface area contributed by atoms with E-state index in [9.17, 15) is 0 Å². The molecule has 0 unspecified atom stereocenters. The molecule has 0 atom stereocenters. The van der Waals surface area contributed by atoms with Crippen LogP contribution in [0.3, 0.4) is 0 Å². The second-order valence-corrected chi connectivity index (χ2v) is 4.95. The summed E-state index contributed by atoms with van der Waals surface area (Å²) in [6.07, 6.45) is 1.61. The maximum atomic E-state index is 6.12. The molecule has 0 saturated heterocycles. The molecule has 16 heavy (non-hydrogen) atoms. The van der Waals surface area contributed by atoms with Gasteiger partial charge in [-0.05, 0) is 18.2 Å². The average molecular weight is 250 g/mol. The second-order valence-electron chi connectivity index (χ2n) is 3.46. The zero-order valence-electron chi connectivity index (χ0n) is 8.20. The van der Waals surface area contributed by atoms with Gasteiger partial charge in [0.05, 0.1) is 22.5 Å². The largest absolute Gasteiger partial charge is 0.396 e. The first-order valence-corrected chi connectivity index (χ1v) is 5.92. The Kier molecular flexibility index (Phi) is 2.12. The molecule has 0 spiro atoms.